The highest BCUT2D eigenvalue weighted by molar-refractivity contribution is 5.97. The normalized spacial score (nSPS) is 12.5. The van der Waals surface area contributed by atoms with E-state index in [1.165, 1.54) is 0 Å². The number of hydrogen-bond acceptors (Lipinski definition) is 2. The van der Waals surface area contributed by atoms with Gasteiger partial charge in [-0.25, -0.2) is 0 Å². The molecule has 0 spiro atoms. The Labute approximate surface area is 162 Å². The molecule has 144 valence electrons. The van der Waals surface area contributed by atoms with E-state index in [1.807, 2.05) is 57.2 Å². The molecule has 2 amide bonds. The Morgan fingerprint density at radius 2 is 1.67 bits per heavy atom. The van der Waals surface area contributed by atoms with Crippen LogP contribution >= 0.6 is 0 Å². The first-order valence-corrected chi connectivity index (χ1v) is 9.41. The second-order valence-corrected chi connectivity index (χ2v) is 8.03. The Hall–Kier alpha value is -2.62. The highest BCUT2D eigenvalue weighted by Gasteiger charge is 2.27. The average Bonchev–Trinajstić information content (AvgIpc) is 2.64. The molecular weight excluding hydrogens is 336 g/mol. The topological polar surface area (TPSA) is 58.2 Å². The summed E-state index contributed by atoms with van der Waals surface area (Å²) in [6, 6.07) is 16.9. The minimum absolute atomic E-state index is 0.0152. The predicted molar refractivity (Wildman–Crippen MR) is 110 cm³/mol. The summed E-state index contributed by atoms with van der Waals surface area (Å²) in [5, 5.41) is 5.90. The van der Waals surface area contributed by atoms with Crippen LogP contribution in [0.2, 0.25) is 0 Å². The van der Waals surface area contributed by atoms with Crippen LogP contribution in [0.25, 0.3) is 0 Å². The van der Waals surface area contributed by atoms with E-state index < -0.39 is 6.04 Å². The maximum absolute atomic E-state index is 12.8. The van der Waals surface area contributed by atoms with E-state index in [1.54, 1.807) is 6.07 Å². The van der Waals surface area contributed by atoms with Gasteiger partial charge in [-0.2, -0.15) is 0 Å². The highest BCUT2D eigenvalue weighted by atomic mass is 16.2. The maximum Gasteiger partial charge on any atom is 0.251 e. The van der Waals surface area contributed by atoms with Crippen molar-refractivity contribution in [2.75, 3.05) is 6.54 Å². The standard InChI is InChI=1S/C23H30N2O2/c1-16(2)20(25-21(26)18-11-9-10-17(3)14-18)22(27)24-15-23(4,5)19-12-7-6-8-13-19/h6-14,16,20H,15H2,1-5H3,(H,24,27)(H,25,26). The van der Waals surface area contributed by atoms with E-state index in [4.69, 9.17) is 0 Å². The smallest absolute Gasteiger partial charge is 0.251 e. The molecular formula is C23H30N2O2. The van der Waals surface area contributed by atoms with Crippen LogP contribution in [0.4, 0.5) is 0 Å². The van der Waals surface area contributed by atoms with Gasteiger partial charge in [0, 0.05) is 17.5 Å². The summed E-state index contributed by atoms with van der Waals surface area (Å²) >= 11 is 0. The van der Waals surface area contributed by atoms with Gasteiger partial charge in [0.25, 0.3) is 5.91 Å². The van der Waals surface area contributed by atoms with Crippen molar-refractivity contribution in [3.63, 3.8) is 0 Å². The van der Waals surface area contributed by atoms with Crippen LogP contribution in [0.15, 0.2) is 54.6 Å². The Morgan fingerprint density at radius 3 is 2.26 bits per heavy atom. The van der Waals surface area contributed by atoms with Crippen molar-refractivity contribution >= 4 is 11.8 Å². The SMILES string of the molecule is Cc1cccc(C(=O)NC(C(=O)NCC(C)(C)c2ccccc2)C(C)C)c1. The van der Waals surface area contributed by atoms with Crippen molar-refractivity contribution in [1.82, 2.24) is 10.6 Å². The molecule has 0 aromatic heterocycles. The molecule has 1 unspecified atom stereocenters. The molecule has 0 fully saturated rings. The molecule has 0 saturated carbocycles. The number of nitrogens with one attached hydrogen (secondary N) is 2. The molecule has 0 aliphatic heterocycles. The van der Waals surface area contributed by atoms with E-state index in [9.17, 15) is 9.59 Å². The lowest BCUT2D eigenvalue weighted by Gasteiger charge is -2.28. The van der Waals surface area contributed by atoms with E-state index in [0.29, 0.717) is 12.1 Å². The summed E-state index contributed by atoms with van der Waals surface area (Å²) in [5.41, 5.74) is 2.55. The summed E-state index contributed by atoms with van der Waals surface area (Å²) < 4.78 is 0. The summed E-state index contributed by atoms with van der Waals surface area (Å²) in [7, 11) is 0. The fourth-order valence-corrected chi connectivity index (χ4v) is 2.96. The number of carbonyl (C=O) groups excluding carboxylic acids is 2. The Bertz CT molecular complexity index is 782. The molecule has 2 aromatic carbocycles. The number of benzene rings is 2. The zero-order valence-electron chi connectivity index (χ0n) is 16.9. The van der Waals surface area contributed by atoms with Crippen molar-refractivity contribution in [3.8, 4) is 0 Å². The molecule has 1 atom stereocenters. The van der Waals surface area contributed by atoms with Gasteiger partial charge in [-0.05, 0) is 30.5 Å². The molecule has 2 rings (SSSR count). The van der Waals surface area contributed by atoms with Crippen molar-refractivity contribution in [3.05, 3.63) is 71.3 Å². The van der Waals surface area contributed by atoms with Gasteiger partial charge in [0.1, 0.15) is 6.04 Å². The molecule has 0 aliphatic rings. The van der Waals surface area contributed by atoms with E-state index in [2.05, 4.69) is 36.6 Å². The molecule has 0 bridgehead atoms. The van der Waals surface area contributed by atoms with Crippen LogP contribution in [0.1, 0.15) is 49.2 Å². The Balaban J connectivity index is 2.03. The highest BCUT2D eigenvalue weighted by Crippen LogP contribution is 2.21. The summed E-state index contributed by atoms with van der Waals surface area (Å²) in [5.74, 6) is -0.400. The van der Waals surface area contributed by atoms with Crippen molar-refractivity contribution in [2.45, 2.75) is 46.1 Å². The van der Waals surface area contributed by atoms with Crippen LogP contribution in [0, 0.1) is 12.8 Å². The zero-order valence-corrected chi connectivity index (χ0v) is 16.9. The van der Waals surface area contributed by atoms with Crippen LogP contribution < -0.4 is 10.6 Å². The van der Waals surface area contributed by atoms with Crippen LogP contribution in [0.5, 0.6) is 0 Å². The largest absolute Gasteiger partial charge is 0.353 e. The fourth-order valence-electron chi connectivity index (χ4n) is 2.96. The Morgan fingerprint density at radius 1 is 1.00 bits per heavy atom. The molecule has 2 N–H and O–H groups in total. The molecule has 27 heavy (non-hydrogen) atoms. The number of carbonyl (C=O) groups is 2. The van der Waals surface area contributed by atoms with E-state index in [0.717, 1.165) is 11.1 Å². The first-order valence-electron chi connectivity index (χ1n) is 9.41. The minimum atomic E-state index is -0.579. The molecule has 2 aromatic rings. The molecule has 4 heteroatoms. The van der Waals surface area contributed by atoms with Crippen molar-refractivity contribution < 1.29 is 9.59 Å². The summed E-state index contributed by atoms with van der Waals surface area (Å²) in [4.78, 5) is 25.3. The molecule has 4 nitrogen and oxygen atoms in total. The van der Waals surface area contributed by atoms with Crippen LogP contribution in [0.3, 0.4) is 0 Å². The molecule has 0 radical (unpaired) electrons. The lowest BCUT2D eigenvalue weighted by molar-refractivity contribution is -0.124. The fraction of sp³-hybridized carbons (Fsp3) is 0.391. The van der Waals surface area contributed by atoms with Crippen LogP contribution in [-0.2, 0) is 10.2 Å². The lowest BCUT2D eigenvalue weighted by atomic mass is 9.84. The first kappa shape index (κ1) is 20.7. The van der Waals surface area contributed by atoms with E-state index >= 15 is 0 Å². The van der Waals surface area contributed by atoms with Gasteiger partial charge in [-0.1, -0.05) is 75.7 Å². The lowest BCUT2D eigenvalue weighted by Crippen LogP contribution is -2.51. The monoisotopic (exact) mass is 366 g/mol. The van der Waals surface area contributed by atoms with Gasteiger partial charge in [-0.15, -0.1) is 0 Å². The Kier molecular flexibility index (Phi) is 6.78. The second kappa shape index (κ2) is 8.85. The average molecular weight is 367 g/mol. The quantitative estimate of drug-likeness (QED) is 0.782. The molecule has 0 aliphatic carbocycles. The number of aryl methyl sites for hydroxylation is 1. The minimum Gasteiger partial charge on any atom is -0.353 e. The van der Waals surface area contributed by atoms with Gasteiger partial charge in [-0.3, -0.25) is 9.59 Å². The zero-order chi connectivity index (χ0) is 20.0. The number of amides is 2. The van der Waals surface area contributed by atoms with Crippen LogP contribution in [-0.4, -0.2) is 24.4 Å². The van der Waals surface area contributed by atoms with Gasteiger partial charge >= 0.3 is 0 Å². The maximum atomic E-state index is 12.8. The van der Waals surface area contributed by atoms with Crippen molar-refractivity contribution in [1.29, 1.82) is 0 Å². The van der Waals surface area contributed by atoms with Gasteiger partial charge < -0.3 is 10.6 Å². The van der Waals surface area contributed by atoms with Gasteiger partial charge in [0.15, 0.2) is 0 Å². The van der Waals surface area contributed by atoms with Gasteiger partial charge in [0.2, 0.25) is 5.91 Å². The number of rotatable bonds is 7. The number of hydrogen-bond donors (Lipinski definition) is 2. The third-order valence-electron chi connectivity index (χ3n) is 4.78. The summed E-state index contributed by atoms with van der Waals surface area (Å²) in [6.07, 6.45) is 0. The third kappa shape index (κ3) is 5.68. The molecule has 0 heterocycles. The third-order valence-corrected chi connectivity index (χ3v) is 4.78. The van der Waals surface area contributed by atoms with Crippen molar-refractivity contribution in [2.24, 2.45) is 5.92 Å². The predicted octanol–water partition coefficient (Wildman–Crippen LogP) is 3.84. The first-order chi connectivity index (χ1) is 12.7. The summed E-state index contributed by atoms with van der Waals surface area (Å²) in [6.45, 7) is 10.5. The van der Waals surface area contributed by atoms with Gasteiger partial charge in [0.05, 0.1) is 0 Å². The molecule has 0 saturated heterocycles. The van der Waals surface area contributed by atoms with E-state index in [-0.39, 0.29) is 23.1 Å². The second-order valence-electron chi connectivity index (χ2n) is 8.03.